The molecule has 2 N–H and O–H groups in total. The number of benzene rings is 2. The molecule has 3 nitrogen and oxygen atoms in total. The summed E-state index contributed by atoms with van der Waals surface area (Å²) in [7, 11) is 0. The third kappa shape index (κ3) is 3.21. The van der Waals surface area contributed by atoms with Crippen LogP contribution in [0.5, 0.6) is 5.75 Å². The summed E-state index contributed by atoms with van der Waals surface area (Å²) < 4.78 is 5.64. The average Bonchev–Trinajstić information content (AvgIpc) is 2.53. The summed E-state index contributed by atoms with van der Waals surface area (Å²) in [6, 6.07) is 15.6. The van der Waals surface area contributed by atoms with E-state index in [-0.39, 0.29) is 6.04 Å². The fourth-order valence-corrected chi connectivity index (χ4v) is 2.92. The number of ether oxygens (including phenoxy) is 1. The lowest BCUT2D eigenvalue weighted by Crippen LogP contribution is -2.30. The third-order valence-corrected chi connectivity index (χ3v) is 4.12. The van der Waals surface area contributed by atoms with Gasteiger partial charge in [-0.2, -0.15) is 0 Å². The van der Waals surface area contributed by atoms with Crippen LogP contribution in [0.25, 0.3) is 0 Å². The van der Waals surface area contributed by atoms with E-state index in [2.05, 4.69) is 11.4 Å². The Morgan fingerprint density at radius 1 is 1.19 bits per heavy atom. The van der Waals surface area contributed by atoms with Gasteiger partial charge >= 0.3 is 0 Å². The molecule has 0 aromatic heterocycles. The largest absolute Gasteiger partial charge is 0.493 e. The molecular weight excluding hydrogens is 286 g/mol. The number of fused-ring (bicyclic) bond motifs is 1. The molecule has 2 aromatic rings. The molecule has 2 atom stereocenters. The SMILES string of the molecule is OC(CNC1CCOc2ccccc21)c1ccccc1Cl. The van der Waals surface area contributed by atoms with E-state index >= 15 is 0 Å². The van der Waals surface area contributed by atoms with Crippen LogP contribution in [0.1, 0.15) is 29.7 Å². The van der Waals surface area contributed by atoms with Crippen LogP contribution in [0.15, 0.2) is 48.5 Å². The fourth-order valence-electron chi connectivity index (χ4n) is 2.66. The predicted molar refractivity (Wildman–Crippen MR) is 83.7 cm³/mol. The quantitative estimate of drug-likeness (QED) is 0.908. The van der Waals surface area contributed by atoms with Gasteiger partial charge in [-0.05, 0) is 12.1 Å². The molecule has 110 valence electrons. The van der Waals surface area contributed by atoms with Crippen molar-refractivity contribution in [2.24, 2.45) is 0 Å². The maximum absolute atomic E-state index is 10.3. The first-order valence-electron chi connectivity index (χ1n) is 7.13. The smallest absolute Gasteiger partial charge is 0.124 e. The van der Waals surface area contributed by atoms with Crippen LogP contribution >= 0.6 is 11.6 Å². The predicted octanol–water partition coefficient (Wildman–Crippen LogP) is 3.49. The van der Waals surface area contributed by atoms with Crippen molar-refractivity contribution in [3.8, 4) is 5.75 Å². The number of aliphatic hydroxyl groups is 1. The van der Waals surface area contributed by atoms with Gasteiger partial charge in [0.2, 0.25) is 0 Å². The molecule has 0 saturated heterocycles. The summed E-state index contributed by atoms with van der Waals surface area (Å²) in [6.07, 6.45) is 0.278. The zero-order valence-electron chi connectivity index (χ0n) is 11.6. The lowest BCUT2D eigenvalue weighted by molar-refractivity contribution is 0.162. The second-order valence-electron chi connectivity index (χ2n) is 5.17. The Morgan fingerprint density at radius 3 is 2.81 bits per heavy atom. The molecule has 0 bridgehead atoms. The minimum absolute atomic E-state index is 0.201. The summed E-state index contributed by atoms with van der Waals surface area (Å²) >= 11 is 6.11. The Balaban J connectivity index is 1.67. The molecule has 0 aliphatic carbocycles. The first kappa shape index (κ1) is 14.4. The zero-order chi connectivity index (χ0) is 14.7. The maximum atomic E-state index is 10.3. The lowest BCUT2D eigenvalue weighted by atomic mass is 10.00. The van der Waals surface area contributed by atoms with Gasteiger partial charge in [-0.15, -0.1) is 0 Å². The topological polar surface area (TPSA) is 41.5 Å². The minimum atomic E-state index is -0.617. The summed E-state index contributed by atoms with van der Waals surface area (Å²) in [4.78, 5) is 0. The highest BCUT2D eigenvalue weighted by molar-refractivity contribution is 6.31. The summed E-state index contributed by atoms with van der Waals surface area (Å²) in [5.41, 5.74) is 1.90. The van der Waals surface area contributed by atoms with Gasteiger partial charge < -0.3 is 15.2 Å². The Bertz CT molecular complexity index is 617. The van der Waals surface area contributed by atoms with E-state index in [1.807, 2.05) is 36.4 Å². The Kier molecular flexibility index (Phi) is 4.44. The molecule has 2 aromatic carbocycles. The second kappa shape index (κ2) is 6.48. The Hall–Kier alpha value is -1.55. The van der Waals surface area contributed by atoms with Crippen molar-refractivity contribution < 1.29 is 9.84 Å². The number of aliphatic hydroxyl groups excluding tert-OH is 1. The van der Waals surface area contributed by atoms with Crippen LogP contribution in [0.4, 0.5) is 0 Å². The normalized spacial score (nSPS) is 18.7. The molecule has 0 amide bonds. The van der Waals surface area contributed by atoms with Crippen molar-refractivity contribution in [2.45, 2.75) is 18.6 Å². The molecule has 4 heteroatoms. The molecule has 0 saturated carbocycles. The van der Waals surface area contributed by atoms with Crippen molar-refractivity contribution in [1.82, 2.24) is 5.32 Å². The van der Waals surface area contributed by atoms with E-state index in [0.717, 1.165) is 23.3 Å². The minimum Gasteiger partial charge on any atom is -0.493 e. The van der Waals surface area contributed by atoms with Gasteiger partial charge in [-0.25, -0.2) is 0 Å². The molecule has 1 aliphatic heterocycles. The molecule has 3 rings (SSSR count). The highest BCUT2D eigenvalue weighted by Crippen LogP contribution is 2.32. The number of para-hydroxylation sites is 1. The van der Waals surface area contributed by atoms with Crippen molar-refractivity contribution >= 4 is 11.6 Å². The zero-order valence-corrected chi connectivity index (χ0v) is 12.4. The van der Waals surface area contributed by atoms with Crippen LogP contribution in [-0.2, 0) is 0 Å². The molecule has 1 heterocycles. The average molecular weight is 304 g/mol. The van der Waals surface area contributed by atoms with Gasteiger partial charge in [0.1, 0.15) is 5.75 Å². The van der Waals surface area contributed by atoms with Crippen LogP contribution in [0.2, 0.25) is 5.02 Å². The van der Waals surface area contributed by atoms with Crippen LogP contribution in [-0.4, -0.2) is 18.3 Å². The lowest BCUT2D eigenvalue weighted by Gasteiger charge is -2.27. The summed E-state index contributed by atoms with van der Waals surface area (Å²) in [5.74, 6) is 0.925. The second-order valence-corrected chi connectivity index (χ2v) is 5.58. The van der Waals surface area contributed by atoms with E-state index < -0.39 is 6.10 Å². The molecule has 2 unspecified atom stereocenters. The van der Waals surface area contributed by atoms with Crippen molar-refractivity contribution in [2.75, 3.05) is 13.2 Å². The van der Waals surface area contributed by atoms with E-state index in [1.165, 1.54) is 0 Å². The fraction of sp³-hybridized carbons (Fsp3) is 0.294. The maximum Gasteiger partial charge on any atom is 0.124 e. The highest BCUT2D eigenvalue weighted by atomic mass is 35.5. The highest BCUT2D eigenvalue weighted by Gasteiger charge is 2.21. The van der Waals surface area contributed by atoms with Gasteiger partial charge in [-0.1, -0.05) is 48.0 Å². The Labute approximate surface area is 129 Å². The van der Waals surface area contributed by atoms with Gasteiger partial charge in [0.25, 0.3) is 0 Å². The van der Waals surface area contributed by atoms with Gasteiger partial charge in [-0.3, -0.25) is 0 Å². The summed E-state index contributed by atoms with van der Waals surface area (Å²) in [6.45, 7) is 1.15. The standard InChI is InChI=1S/C17H18ClNO2/c18-14-7-3-1-5-12(14)16(20)11-19-15-9-10-21-17-8-4-2-6-13(15)17/h1-8,15-16,19-20H,9-11H2. The molecule has 1 aliphatic rings. The number of nitrogens with one attached hydrogen (secondary N) is 1. The third-order valence-electron chi connectivity index (χ3n) is 3.78. The van der Waals surface area contributed by atoms with Gasteiger partial charge in [0, 0.05) is 35.2 Å². The van der Waals surface area contributed by atoms with E-state index in [4.69, 9.17) is 16.3 Å². The van der Waals surface area contributed by atoms with Gasteiger partial charge in [0.05, 0.1) is 12.7 Å². The van der Waals surface area contributed by atoms with Gasteiger partial charge in [0.15, 0.2) is 0 Å². The number of hydrogen-bond acceptors (Lipinski definition) is 3. The molecule has 0 fully saturated rings. The first-order chi connectivity index (χ1) is 10.3. The molecular formula is C17H18ClNO2. The number of halogens is 1. The molecule has 0 radical (unpaired) electrons. The Morgan fingerprint density at radius 2 is 1.95 bits per heavy atom. The van der Waals surface area contributed by atoms with Crippen LogP contribution in [0.3, 0.4) is 0 Å². The van der Waals surface area contributed by atoms with E-state index in [1.54, 1.807) is 6.07 Å². The van der Waals surface area contributed by atoms with Crippen LogP contribution in [0, 0.1) is 0 Å². The van der Waals surface area contributed by atoms with Crippen LogP contribution < -0.4 is 10.1 Å². The number of hydrogen-bond donors (Lipinski definition) is 2. The van der Waals surface area contributed by atoms with Crippen molar-refractivity contribution in [3.63, 3.8) is 0 Å². The van der Waals surface area contributed by atoms with E-state index in [0.29, 0.717) is 18.2 Å². The molecule has 21 heavy (non-hydrogen) atoms. The monoisotopic (exact) mass is 303 g/mol. The van der Waals surface area contributed by atoms with Crippen molar-refractivity contribution in [3.05, 3.63) is 64.7 Å². The van der Waals surface area contributed by atoms with Crippen molar-refractivity contribution in [1.29, 1.82) is 0 Å². The number of rotatable bonds is 4. The van der Waals surface area contributed by atoms with E-state index in [9.17, 15) is 5.11 Å². The first-order valence-corrected chi connectivity index (χ1v) is 7.51. The summed E-state index contributed by atoms with van der Waals surface area (Å²) in [5, 5.41) is 14.3. The molecule has 0 spiro atoms.